The van der Waals surface area contributed by atoms with E-state index >= 15 is 0 Å². The van der Waals surface area contributed by atoms with Gasteiger partial charge in [0.25, 0.3) is 5.91 Å². The fraction of sp³-hybridized carbons (Fsp3) is 0.286. The van der Waals surface area contributed by atoms with Gasteiger partial charge in [-0.2, -0.15) is 0 Å². The first-order chi connectivity index (χ1) is 31.5. The molecule has 66 heavy (non-hydrogen) atoms. The Kier molecular flexibility index (Phi) is 14.8. The lowest BCUT2D eigenvalue weighted by Gasteiger charge is -2.34. The van der Waals surface area contributed by atoms with Gasteiger partial charge in [-0.25, -0.2) is 4.98 Å². The molecule has 346 valence electrons. The van der Waals surface area contributed by atoms with Crippen molar-refractivity contribution in [2.45, 2.75) is 64.7 Å². The molecule has 1 aliphatic heterocycles. The summed E-state index contributed by atoms with van der Waals surface area (Å²) in [5.74, 6) is 0.413. The van der Waals surface area contributed by atoms with E-state index in [1.165, 1.54) is 24.3 Å². The van der Waals surface area contributed by atoms with Crippen LogP contribution in [0, 0.1) is 6.92 Å². The summed E-state index contributed by atoms with van der Waals surface area (Å²) in [7, 11) is 1.61. The number of rotatable bonds is 13. The molecular formula is C49H47ClF6N6O4. The van der Waals surface area contributed by atoms with Crippen molar-refractivity contribution >= 4 is 45.4 Å². The number of piperidine rings is 1. The van der Waals surface area contributed by atoms with Crippen molar-refractivity contribution in [2.24, 2.45) is 0 Å². The quantitative estimate of drug-likeness (QED) is 0.110. The van der Waals surface area contributed by atoms with Gasteiger partial charge in [0.15, 0.2) is 0 Å². The number of benzene rings is 4. The molecule has 4 aromatic carbocycles. The third kappa shape index (κ3) is 12.6. The molecule has 1 fully saturated rings. The van der Waals surface area contributed by atoms with Crippen LogP contribution in [0.25, 0.3) is 16.6 Å². The molecule has 0 atom stereocenters. The maximum absolute atomic E-state index is 13.0. The number of nitrogens with zero attached hydrogens (tertiary/aromatic N) is 4. The van der Waals surface area contributed by atoms with Crippen molar-refractivity contribution in [1.29, 1.82) is 0 Å². The van der Waals surface area contributed by atoms with Gasteiger partial charge in [-0.15, -0.1) is 26.3 Å². The number of hydrogen-bond donors (Lipinski definition) is 2. The van der Waals surface area contributed by atoms with Crippen LogP contribution in [0.1, 0.15) is 64.2 Å². The van der Waals surface area contributed by atoms with Crippen molar-refractivity contribution < 1.29 is 45.3 Å². The minimum absolute atomic E-state index is 0.200. The van der Waals surface area contributed by atoms with Gasteiger partial charge in [-0.1, -0.05) is 54.9 Å². The average Bonchev–Trinajstić information content (AvgIpc) is 3.66. The molecule has 1 aliphatic rings. The topological polar surface area (TPSA) is 102 Å². The van der Waals surface area contributed by atoms with Crippen molar-refractivity contribution in [3.05, 3.63) is 154 Å². The standard InChI is InChI=1S/C29H28ClF3N4O2.C20H19F3N2O2/c1-2-25-27(37-18-22(30)7-12-26(37)35-25)28(38)34-17-19-3-8-23(9-4-19)36-15-13-21(14-16-36)20-5-10-24(11-6-20)39-29(31,32)33;1-13-11-19(17-12-16(26-2)7-8-18(17)25-13)24-10-9-14-3-5-15(6-4-14)27-20(21,22)23/h3-12,18,21H,2,13-17H2,1H3,(H,34,38);3-8,11-12H,9-10H2,1-2H3,(H,24,25). The van der Waals surface area contributed by atoms with E-state index in [1.807, 2.05) is 50.2 Å². The third-order valence-electron chi connectivity index (χ3n) is 11.1. The van der Waals surface area contributed by atoms with Gasteiger partial charge in [0.2, 0.25) is 0 Å². The van der Waals surface area contributed by atoms with Crippen LogP contribution < -0.4 is 29.7 Å². The SMILES string of the molecule is CCc1nc2ccc(Cl)cn2c1C(=O)NCc1ccc(N2CCC(c3ccc(OC(F)(F)F)cc3)CC2)cc1.COc1ccc2nc(C)cc(NCCc3ccc(OC(F)(F)F)cc3)c2c1. The molecule has 4 heterocycles. The predicted molar refractivity (Wildman–Crippen MR) is 243 cm³/mol. The lowest BCUT2D eigenvalue weighted by atomic mass is 9.89. The Hall–Kier alpha value is -6.68. The summed E-state index contributed by atoms with van der Waals surface area (Å²) in [5.41, 5.74) is 8.61. The number of fused-ring (bicyclic) bond motifs is 2. The highest BCUT2D eigenvalue weighted by Gasteiger charge is 2.32. The molecule has 8 rings (SSSR count). The van der Waals surface area contributed by atoms with E-state index in [4.69, 9.17) is 16.3 Å². The van der Waals surface area contributed by atoms with E-state index in [9.17, 15) is 31.1 Å². The van der Waals surface area contributed by atoms with Gasteiger partial charge in [-0.05, 0) is 128 Å². The second kappa shape index (κ2) is 20.7. The Morgan fingerprint density at radius 3 is 2.03 bits per heavy atom. The van der Waals surface area contributed by atoms with Gasteiger partial charge >= 0.3 is 12.7 Å². The van der Waals surface area contributed by atoms with Crippen molar-refractivity contribution in [2.75, 3.05) is 37.0 Å². The van der Waals surface area contributed by atoms with Crippen LogP contribution in [0.4, 0.5) is 37.7 Å². The number of nitrogens with one attached hydrogen (secondary N) is 2. The smallest absolute Gasteiger partial charge is 0.497 e. The number of carbonyl (C=O) groups is 1. The normalized spacial score (nSPS) is 13.3. The number of methoxy groups -OCH3 is 1. The van der Waals surface area contributed by atoms with Gasteiger partial charge in [0.1, 0.15) is 28.6 Å². The van der Waals surface area contributed by atoms with Crippen molar-refractivity contribution in [1.82, 2.24) is 19.7 Å². The summed E-state index contributed by atoms with van der Waals surface area (Å²) in [6.07, 6.45) is -4.57. The molecule has 0 radical (unpaired) electrons. The van der Waals surface area contributed by atoms with Crippen LogP contribution in [-0.2, 0) is 19.4 Å². The summed E-state index contributed by atoms with van der Waals surface area (Å²) >= 11 is 6.14. The monoisotopic (exact) mass is 932 g/mol. The van der Waals surface area contributed by atoms with Gasteiger partial charge < -0.3 is 29.7 Å². The van der Waals surface area contributed by atoms with E-state index in [1.54, 1.807) is 54.1 Å². The highest BCUT2D eigenvalue weighted by Crippen LogP contribution is 2.33. The van der Waals surface area contributed by atoms with Crippen LogP contribution in [0.5, 0.6) is 17.2 Å². The molecule has 0 bridgehead atoms. The van der Waals surface area contributed by atoms with Crippen LogP contribution in [-0.4, -0.2) is 59.7 Å². The summed E-state index contributed by atoms with van der Waals surface area (Å²) in [5, 5.41) is 7.86. The fourth-order valence-electron chi connectivity index (χ4n) is 7.87. The Balaban J connectivity index is 0.000000210. The molecule has 0 spiro atoms. The number of imidazole rings is 1. The maximum atomic E-state index is 13.0. The average molecular weight is 933 g/mol. The van der Waals surface area contributed by atoms with Gasteiger partial charge in [0, 0.05) is 54.8 Å². The van der Waals surface area contributed by atoms with Crippen LogP contribution in [0.15, 0.2) is 115 Å². The summed E-state index contributed by atoms with van der Waals surface area (Å²) in [6, 6.07) is 31.4. The number of hydrogen-bond acceptors (Lipinski definition) is 8. The number of anilines is 2. The number of alkyl halides is 6. The van der Waals surface area contributed by atoms with E-state index < -0.39 is 12.7 Å². The highest BCUT2D eigenvalue weighted by molar-refractivity contribution is 6.30. The molecule has 7 aromatic rings. The Bertz CT molecular complexity index is 2740. The van der Waals surface area contributed by atoms with E-state index in [2.05, 4.69) is 47.1 Å². The Morgan fingerprint density at radius 1 is 0.788 bits per heavy atom. The number of aromatic nitrogens is 3. The molecule has 10 nitrogen and oxygen atoms in total. The van der Waals surface area contributed by atoms with E-state index in [0.29, 0.717) is 42.3 Å². The Morgan fingerprint density at radius 2 is 1.41 bits per heavy atom. The second-order valence-corrected chi connectivity index (χ2v) is 16.1. The van der Waals surface area contributed by atoms with Gasteiger partial charge in [0.05, 0.1) is 23.3 Å². The molecule has 0 aliphatic carbocycles. The molecule has 2 N–H and O–H groups in total. The highest BCUT2D eigenvalue weighted by atomic mass is 35.5. The van der Waals surface area contributed by atoms with Crippen LogP contribution in [0.2, 0.25) is 5.02 Å². The molecule has 1 amide bonds. The largest absolute Gasteiger partial charge is 0.573 e. The minimum Gasteiger partial charge on any atom is -0.497 e. The number of halogens is 7. The molecule has 17 heteroatoms. The van der Waals surface area contributed by atoms with Crippen molar-refractivity contribution in [3.8, 4) is 17.2 Å². The number of carbonyl (C=O) groups excluding carboxylic acids is 1. The van der Waals surface area contributed by atoms with E-state index in [0.717, 1.165) is 82.0 Å². The van der Waals surface area contributed by atoms with Crippen LogP contribution >= 0.6 is 11.6 Å². The fourth-order valence-corrected chi connectivity index (χ4v) is 8.03. The summed E-state index contributed by atoms with van der Waals surface area (Å²) in [6.45, 7) is 6.58. The number of amides is 1. The second-order valence-electron chi connectivity index (χ2n) is 15.6. The Labute approximate surface area is 382 Å². The summed E-state index contributed by atoms with van der Waals surface area (Å²) < 4.78 is 88.7. The molecule has 0 saturated carbocycles. The first-order valence-electron chi connectivity index (χ1n) is 21.2. The van der Waals surface area contributed by atoms with Crippen LogP contribution in [0.3, 0.4) is 0 Å². The zero-order chi connectivity index (χ0) is 47.0. The molecule has 3 aromatic heterocycles. The number of pyridine rings is 2. The van der Waals surface area contributed by atoms with Crippen molar-refractivity contribution in [3.63, 3.8) is 0 Å². The molecular weight excluding hydrogens is 886 g/mol. The first kappa shape index (κ1) is 47.3. The number of ether oxygens (including phenoxy) is 3. The third-order valence-corrected chi connectivity index (χ3v) is 11.3. The minimum atomic E-state index is -4.68. The van der Waals surface area contributed by atoms with Gasteiger partial charge in [-0.3, -0.25) is 14.2 Å². The zero-order valence-corrected chi connectivity index (χ0v) is 37.0. The lowest BCUT2D eigenvalue weighted by molar-refractivity contribution is -0.275. The summed E-state index contributed by atoms with van der Waals surface area (Å²) in [4.78, 5) is 24.4. The predicted octanol–water partition coefficient (Wildman–Crippen LogP) is 11.9. The molecule has 1 saturated heterocycles. The lowest BCUT2D eigenvalue weighted by Crippen LogP contribution is -2.32. The first-order valence-corrected chi connectivity index (χ1v) is 21.6. The molecule has 0 unspecified atom stereocenters. The maximum Gasteiger partial charge on any atom is 0.573 e. The van der Waals surface area contributed by atoms with E-state index in [-0.39, 0.29) is 23.3 Å². The number of aryl methyl sites for hydroxylation is 2. The zero-order valence-electron chi connectivity index (χ0n) is 36.3.